The van der Waals surface area contributed by atoms with Gasteiger partial charge in [-0.1, -0.05) is 13.0 Å². The number of nitrogens with zero attached hydrogens (tertiary/aromatic N) is 3. The molecule has 1 aliphatic rings. The summed E-state index contributed by atoms with van der Waals surface area (Å²) in [6, 6.07) is 4.04. The fourth-order valence-corrected chi connectivity index (χ4v) is 2.71. The number of piperazine rings is 1. The van der Waals surface area contributed by atoms with E-state index < -0.39 is 5.54 Å². The highest BCUT2D eigenvalue weighted by atomic mass is 16.2. The monoisotopic (exact) mass is 290 g/mol. The molecule has 0 bridgehead atoms. The number of rotatable bonds is 5. The van der Waals surface area contributed by atoms with E-state index >= 15 is 0 Å². The maximum atomic E-state index is 12.4. The summed E-state index contributed by atoms with van der Waals surface area (Å²) in [5, 5.41) is 3.37. The van der Waals surface area contributed by atoms with E-state index in [0.29, 0.717) is 0 Å². The van der Waals surface area contributed by atoms with Crippen molar-refractivity contribution in [2.75, 3.05) is 32.0 Å². The Kier molecular flexibility index (Phi) is 4.83. The summed E-state index contributed by atoms with van der Waals surface area (Å²) in [7, 11) is 1.87. The zero-order valence-electron chi connectivity index (χ0n) is 13.5. The molecule has 1 aromatic heterocycles. The Morgan fingerprint density at radius 2 is 2.14 bits per heavy atom. The lowest BCUT2D eigenvalue weighted by atomic mass is 9.97. The van der Waals surface area contributed by atoms with Crippen LogP contribution in [0.1, 0.15) is 32.8 Å². The van der Waals surface area contributed by atoms with Crippen molar-refractivity contribution in [2.45, 2.75) is 39.3 Å². The zero-order valence-corrected chi connectivity index (χ0v) is 13.5. The topological polar surface area (TPSA) is 48.5 Å². The summed E-state index contributed by atoms with van der Waals surface area (Å²) in [6.07, 6.45) is 2.87. The predicted molar refractivity (Wildman–Crippen MR) is 85.1 cm³/mol. The maximum absolute atomic E-state index is 12.4. The number of hydrogen-bond acceptors (Lipinski definition) is 4. The van der Waals surface area contributed by atoms with Crippen molar-refractivity contribution in [3.05, 3.63) is 23.9 Å². The van der Waals surface area contributed by atoms with Crippen LogP contribution in [0.4, 0.5) is 5.82 Å². The van der Waals surface area contributed by atoms with E-state index in [1.165, 1.54) is 0 Å². The third-order valence-electron chi connectivity index (χ3n) is 4.16. The minimum atomic E-state index is -0.467. The second-order valence-corrected chi connectivity index (χ2v) is 6.15. The van der Waals surface area contributed by atoms with E-state index in [9.17, 15) is 4.79 Å². The van der Waals surface area contributed by atoms with E-state index in [-0.39, 0.29) is 5.91 Å². The van der Waals surface area contributed by atoms with Crippen LogP contribution in [0, 0.1) is 0 Å². The Balaban J connectivity index is 2.16. The Morgan fingerprint density at radius 1 is 1.38 bits per heavy atom. The summed E-state index contributed by atoms with van der Waals surface area (Å²) in [5.74, 6) is 1.11. The molecule has 116 valence electrons. The number of carbonyl (C=O) groups excluding carboxylic acids is 1. The molecule has 21 heavy (non-hydrogen) atoms. The fraction of sp³-hybridized carbons (Fsp3) is 0.625. The Bertz CT molecular complexity index is 501. The van der Waals surface area contributed by atoms with E-state index in [4.69, 9.17) is 0 Å². The minimum Gasteiger partial charge on any atom is -0.370 e. The van der Waals surface area contributed by atoms with Gasteiger partial charge in [-0.05, 0) is 26.3 Å². The molecule has 0 spiro atoms. The van der Waals surface area contributed by atoms with Crippen LogP contribution in [0.3, 0.4) is 0 Å². The standard InChI is InChI=1S/C16H26N4O/c1-5-8-17-14-13(7-6-9-18-14)12-20-11-10-19(4)15(21)16(20,2)3/h6-7,9H,5,8,10-12H2,1-4H3,(H,17,18). The van der Waals surface area contributed by atoms with Crippen molar-refractivity contribution in [1.82, 2.24) is 14.8 Å². The van der Waals surface area contributed by atoms with Crippen molar-refractivity contribution in [1.29, 1.82) is 0 Å². The lowest BCUT2D eigenvalue weighted by Crippen LogP contribution is -2.61. The van der Waals surface area contributed by atoms with Gasteiger partial charge in [0, 0.05) is 45.0 Å². The number of hydrogen-bond donors (Lipinski definition) is 1. The molecule has 5 heteroatoms. The van der Waals surface area contributed by atoms with Gasteiger partial charge in [0.2, 0.25) is 5.91 Å². The highest BCUT2D eigenvalue weighted by Gasteiger charge is 2.40. The van der Waals surface area contributed by atoms with Crippen LogP contribution in [0.5, 0.6) is 0 Å². The van der Waals surface area contributed by atoms with Gasteiger partial charge >= 0.3 is 0 Å². The summed E-state index contributed by atoms with van der Waals surface area (Å²) in [6.45, 7) is 9.46. The van der Waals surface area contributed by atoms with E-state index in [1.807, 2.05) is 38.1 Å². The summed E-state index contributed by atoms with van der Waals surface area (Å²) < 4.78 is 0. The van der Waals surface area contributed by atoms with Gasteiger partial charge in [0.15, 0.2) is 0 Å². The maximum Gasteiger partial charge on any atom is 0.242 e. The van der Waals surface area contributed by atoms with Crippen LogP contribution in [-0.4, -0.2) is 52.9 Å². The average molecular weight is 290 g/mol. The second-order valence-electron chi connectivity index (χ2n) is 6.15. The van der Waals surface area contributed by atoms with Crippen molar-refractivity contribution in [2.24, 2.45) is 0 Å². The molecule has 1 aromatic rings. The Morgan fingerprint density at radius 3 is 2.86 bits per heavy atom. The number of amides is 1. The first kappa shape index (κ1) is 15.8. The molecule has 1 amide bonds. The number of likely N-dealkylation sites (N-methyl/N-ethyl adjacent to an activating group) is 1. The molecule has 0 aliphatic carbocycles. The van der Waals surface area contributed by atoms with Gasteiger partial charge in [-0.3, -0.25) is 9.69 Å². The van der Waals surface area contributed by atoms with Crippen LogP contribution in [0.2, 0.25) is 0 Å². The Hall–Kier alpha value is -1.62. The molecule has 1 fully saturated rings. The van der Waals surface area contributed by atoms with Gasteiger partial charge in [-0.2, -0.15) is 0 Å². The molecule has 2 rings (SSSR count). The Labute approximate surface area is 127 Å². The number of nitrogens with one attached hydrogen (secondary N) is 1. The highest BCUT2D eigenvalue weighted by molar-refractivity contribution is 5.86. The molecule has 0 saturated carbocycles. The average Bonchev–Trinajstić information content (AvgIpc) is 2.47. The molecular formula is C16H26N4O. The number of carbonyl (C=O) groups is 1. The molecule has 0 unspecified atom stereocenters. The summed E-state index contributed by atoms with van der Waals surface area (Å²) in [5.41, 5.74) is 0.682. The predicted octanol–water partition coefficient (Wildman–Crippen LogP) is 1.96. The minimum absolute atomic E-state index is 0.181. The SMILES string of the molecule is CCCNc1ncccc1CN1CCN(C)C(=O)C1(C)C. The van der Waals surface area contributed by atoms with Gasteiger partial charge in [0.05, 0.1) is 5.54 Å². The largest absolute Gasteiger partial charge is 0.370 e. The van der Waals surface area contributed by atoms with Gasteiger partial charge in [0.1, 0.15) is 5.82 Å². The molecule has 0 aromatic carbocycles. The zero-order chi connectivity index (χ0) is 15.5. The van der Waals surface area contributed by atoms with Gasteiger partial charge < -0.3 is 10.2 Å². The summed E-state index contributed by atoms with van der Waals surface area (Å²) in [4.78, 5) is 20.8. The molecule has 1 saturated heterocycles. The first-order chi connectivity index (χ1) is 9.96. The van der Waals surface area contributed by atoms with Gasteiger partial charge in [-0.15, -0.1) is 0 Å². The molecule has 0 atom stereocenters. The number of anilines is 1. The van der Waals surface area contributed by atoms with Crippen LogP contribution < -0.4 is 5.32 Å². The fourth-order valence-electron chi connectivity index (χ4n) is 2.71. The molecule has 1 N–H and O–H groups in total. The highest BCUT2D eigenvalue weighted by Crippen LogP contribution is 2.25. The molecule has 0 radical (unpaired) electrons. The molecular weight excluding hydrogens is 264 g/mol. The lowest BCUT2D eigenvalue weighted by Gasteiger charge is -2.44. The third-order valence-corrected chi connectivity index (χ3v) is 4.16. The van der Waals surface area contributed by atoms with Crippen LogP contribution in [0.25, 0.3) is 0 Å². The van der Waals surface area contributed by atoms with E-state index in [2.05, 4.69) is 28.2 Å². The van der Waals surface area contributed by atoms with Crippen molar-refractivity contribution in [3.63, 3.8) is 0 Å². The van der Waals surface area contributed by atoms with E-state index in [0.717, 1.165) is 44.0 Å². The van der Waals surface area contributed by atoms with Crippen LogP contribution in [-0.2, 0) is 11.3 Å². The van der Waals surface area contributed by atoms with Gasteiger partial charge in [-0.25, -0.2) is 4.98 Å². The summed E-state index contributed by atoms with van der Waals surface area (Å²) >= 11 is 0. The smallest absolute Gasteiger partial charge is 0.242 e. The first-order valence-electron chi connectivity index (χ1n) is 7.65. The quantitative estimate of drug-likeness (QED) is 0.900. The second kappa shape index (κ2) is 6.43. The van der Waals surface area contributed by atoms with Crippen LogP contribution >= 0.6 is 0 Å². The third kappa shape index (κ3) is 3.35. The van der Waals surface area contributed by atoms with Crippen molar-refractivity contribution < 1.29 is 4.79 Å². The molecule has 2 heterocycles. The normalized spacial score (nSPS) is 18.9. The van der Waals surface area contributed by atoms with Crippen molar-refractivity contribution in [3.8, 4) is 0 Å². The van der Waals surface area contributed by atoms with Gasteiger partial charge in [0.25, 0.3) is 0 Å². The van der Waals surface area contributed by atoms with Crippen molar-refractivity contribution >= 4 is 11.7 Å². The van der Waals surface area contributed by atoms with Crippen LogP contribution in [0.15, 0.2) is 18.3 Å². The molecule has 5 nitrogen and oxygen atoms in total. The number of aromatic nitrogens is 1. The van der Waals surface area contributed by atoms with E-state index in [1.54, 1.807) is 0 Å². The first-order valence-corrected chi connectivity index (χ1v) is 7.65. The number of pyridine rings is 1. The lowest BCUT2D eigenvalue weighted by molar-refractivity contribution is -0.147. The molecule has 1 aliphatic heterocycles.